The van der Waals surface area contributed by atoms with Crippen molar-refractivity contribution >= 4 is 37.6 Å². The van der Waals surface area contributed by atoms with E-state index in [1.54, 1.807) is 0 Å². The van der Waals surface area contributed by atoms with Crippen LogP contribution < -0.4 is 0 Å². The average molecular weight is 394 g/mol. The van der Waals surface area contributed by atoms with E-state index in [9.17, 15) is 15.3 Å². The zero-order valence-corrected chi connectivity index (χ0v) is 12.9. The Bertz CT molecular complexity index is 168. The van der Waals surface area contributed by atoms with Gasteiger partial charge in [0.1, 0.15) is 0 Å². The average Bonchev–Trinajstić information content (AvgIpc) is 2.21. The number of ether oxygens (including phenoxy) is 1. The molecule has 0 unspecified atom stereocenters. The first-order chi connectivity index (χ1) is 6.99. The van der Waals surface area contributed by atoms with E-state index in [0.717, 1.165) is 0 Å². The molecule has 0 saturated carbocycles. The summed E-state index contributed by atoms with van der Waals surface area (Å²) in [5.41, 5.74) is 0. The molecule has 0 amide bonds. The van der Waals surface area contributed by atoms with Crippen LogP contribution in [0.1, 0.15) is 0 Å². The minimum atomic E-state index is -1.28. The van der Waals surface area contributed by atoms with E-state index in [1.165, 1.54) is 0 Å². The van der Waals surface area contributed by atoms with E-state index in [0.29, 0.717) is 21.6 Å². The Morgan fingerprint density at radius 1 is 1.13 bits per heavy atom. The van der Waals surface area contributed by atoms with Crippen molar-refractivity contribution < 1.29 is 25.2 Å². The Morgan fingerprint density at radius 3 is 2.00 bits per heavy atom. The van der Waals surface area contributed by atoms with Crippen LogP contribution in [0.2, 0.25) is 9.74 Å². The Kier molecular flexibility index (Phi) is 8.89. The summed E-state index contributed by atoms with van der Waals surface area (Å²) < 4.78 is 4.96. The Balaban J connectivity index is 0.000000583. The van der Waals surface area contributed by atoms with Gasteiger partial charge in [0.05, 0.1) is 0 Å². The molecule has 90 valence electrons. The molecule has 0 bridgehead atoms. The minimum absolute atomic E-state index is 0.350. The summed E-state index contributed by atoms with van der Waals surface area (Å²) in [5, 5.41) is 35.6. The zero-order chi connectivity index (χ0) is 12.0. The summed E-state index contributed by atoms with van der Waals surface area (Å²) >= 11 is 2.84. The van der Waals surface area contributed by atoms with E-state index in [-0.39, 0.29) is 6.61 Å². The molecule has 0 aliphatic carbocycles. The van der Waals surface area contributed by atoms with Crippen LogP contribution in [0.3, 0.4) is 0 Å². The molecule has 2 radical (unpaired) electrons. The van der Waals surface area contributed by atoms with E-state index < -0.39 is 29.4 Å². The molecule has 15 heavy (non-hydrogen) atoms. The van der Waals surface area contributed by atoms with E-state index in [2.05, 4.69) is 25.8 Å². The van der Waals surface area contributed by atoms with Crippen molar-refractivity contribution in [3.63, 3.8) is 0 Å². The van der Waals surface area contributed by atoms with Crippen molar-refractivity contribution in [1.29, 1.82) is 0 Å². The van der Waals surface area contributed by atoms with E-state index in [1.807, 2.05) is 0 Å². The molecule has 0 aromatic heterocycles. The Hall–Kier alpha value is 1.14. The third-order valence-electron chi connectivity index (χ3n) is 1.85. The number of aliphatic hydroxyl groups is 4. The maximum atomic E-state index is 9.22. The first kappa shape index (κ1) is 16.1. The molecule has 5 atom stereocenters. The number of rotatable bonds is 1. The number of hydrogen-bond donors (Lipinski definition) is 4. The van der Waals surface area contributed by atoms with Crippen LogP contribution in [0.4, 0.5) is 0 Å². The van der Waals surface area contributed by atoms with Crippen LogP contribution in [0.25, 0.3) is 0 Å². The molecule has 7 heteroatoms. The van der Waals surface area contributed by atoms with Crippen molar-refractivity contribution in [2.45, 2.75) is 39.2 Å². The van der Waals surface area contributed by atoms with Crippen LogP contribution in [-0.4, -0.2) is 94.1 Å². The van der Waals surface area contributed by atoms with Gasteiger partial charge in [-0.3, -0.25) is 0 Å². The second-order valence-electron chi connectivity index (χ2n) is 3.14. The molecular weight excluding hydrogens is 377 g/mol. The topological polar surface area (TPSA) is 90.2 Å². The predicted molar refractivity (Wildman–Crippen MR) is 57.0 cm³/mol. The van der Waals surface area contributed by atoms with Gasteiger partial charge in [-0.1, -0.05) is 0 Å². The first-order valence-electron chi connectivity index (χ1n) is 4.43. The normalized spacial score (nSPS) is 40.6. The Morgan fingerprint density at radius 2 is 1.60 bits per heavy atom. The zero-order valence-electron chi connectivity index (χ0n) is 8.65. The van der Waals surface area contributed by atoms with Crippen molar-refractivity contribution in [1.82, 2.24) is 0 Å². The summed E-state index contributed by atoms with van der Waals surface area (Å²) in [6.07, 6.45) is -4.51. The van der Waals surface area contributed by atoms with Crippen LogP contribution in [0.15, 0.2) is 0 Å². The summed E-state index contributed by atoms with van der Waals surface area (Å²) in [7, 11) is 0. The standard InChI is InChI=1S/C6H11O5Se.2CH3.Sb/c7-1-2-3(8)4(9)5(10)6(12)11-2;;;/h2-10H,1H2;2*1H3;/t2-,3-,4+,5-,6+;;;/m1.../s1. The summed E-state index contributed by atoms with van der Waals surface area (Å²) in [6, 6.07) is 0. The first-order valence-corrected chi connectivity index (χ1v) is 10.5. The molecule has 1 aliphatic heterocycles. The quantitative estimate of drug-likeness (QED) is 0.378. The van der Waals surface area contributed by atoms with Gasteiger partial charge in [0.25, 0.3) is 0 Å². The van der Waals surface area contributed by atoms with Gasteiger partial charge in [-0.2, -0.15) is 0 Å². The molecular formula is C8H17O5SbSe. The maximum absolute atomic E-state index is 9.22. The molecule has 1 rings (SSSR count). The molecule has 5 nitrogen and oxygen atoms in total. The van der Waals surface area contributed by atoms with E-state index >= 15 is 0 Å². The monoisotopic (exact) mass is 394 g/mol. The number of hydrogen-bond acceptors (Lipinski definition) is 5. The van der Waals surface area contributed by atoms with Gasteiger partial charge < -0.3 is 0 Å². The third kappa shape index (κ3) is 4.88. The molecule has 1 saturated heterocycles. The predicted octanol–water partition coefficient (Wildman–Crippen LogP) is -2.26. The SMILES string of the molecule is OC[C@H]1O[C@@H]([Se])[C@H](O)[C@@H](O)[C@@H]1O.[CH3][Sb][CH3]. The summed E-state index contributed by atoms with van der Waals surface area (Å²) in [4.78, 5) is 4.55. The second-order valence-corrected chi connectivity index (χ2v) is 6.67. The van der Waals surface area contributed by atoms with Crippen molar-refractivity contribution in [3.8, 4) is 0 Å². The van der Waals surface area contributed by atoms with Crippen molar-refractivity contribution in [2.24, 2.45) is 0 Å². The van der Waals surface area contributed by atoms with Gasteiger partial charge in [0.2, 0.25) is 0 Å². The molecule has 1 aliphatic rings. The second kappa shape index (κ2) is 8.26. The van der Waals surface area contributed by atoms with Gasteiger partial charge in [0.15, 0.2) is 0 Å². The fourth-order valence-electron chi connectivity index (χ4n) is 1.07. The van der Waals surface area contributed by atoms with Crippen LogP contribution in [0, 0.1) is 0 Å². The fraction of sp³-hybridized carbons (Fsp3) is 1.00. The molecule has 1 heterocycles. The van der Waals surface area contributed by atoms with Crippen LogP contribution in [-0.2, 0) is 4.74 Å². The third-order valence-corrected chi connectivity index (χ3v) is 2.67. The molecule has 0 spiro atoms. The van der Waals surface area contributed by atoms with Crippen LogP contribution in [0.5, 0.6) is 0 Å². The molecule has 4 N–H and O–H groups in total. The van der Waals surface area contributed by atoms with Gasteiger partial charge >= 0.3 is 109 Å². The van der Waals surface area contributed by atoms with Gasteiger partial charge in [-0.15, -0.1) is 0 Å². The summed E-state index contributed by atoms with van der Waals surface area (Å²) in [5.74, 6) is 0. The molecule has 0 aromatic rings. The number of aliphatic hydroxyl groups excluding tert-OH is 4. The van der Waals surface area contributed by atoms with Crippen molar-refractivity contribution in [2.75, 3.05) is 6.61 Å². The van der Waals surface area contributed by atoms with Crippen LogP contribution >= 0.6 is 0 Å². The van der Waals surface area contributed by atoms with Gasteiger partial charge in [-0.25, -0.2) is 0 Å². The summed E-state index contributed by atoms with van der Waals surface area (Å²) in [6.45, 7) is -0.386. The van der Waals surface area contributed by atoms with Gasteiger partial charge in [-0.05, 0) is 0 Å². The Labute approximate surface area is 108 Å². The molecule has 0 aromatic carbocycles. The van der Waals surface area contributed by atoms with E-state index in [4.69, 9.17) is 9.84 Å². The fourth-order valence-corrected chi connectivity index (χ4v) is 1.70. The molecule has 1 fully saturated rings. The van der Waals surface area contributed by atoms with Gasteiger partial charge in [0, 0.05) is 0 Å². The van der Waals surface area contributed by atoms with Crippen molar-refractivity contribution in [3.05, 3.63) is 0 Å².